The molecule has 3 atom stereocenters. The van der Waals surface area contributed by atoms with Crippen LogP contribution in [0.2, 0.25) is 5.02 Å². The molecule has 9 heteroatoms. The van der Waals surface area contributed by atoms with Crippen LogP contribution in [0.25, 0.3) is 22.4 Å². The van der Waals surface area contributed by atoms with E-state index in [2.05, 4.69) is 44.4 Å². The van der Waals surface area contributed by atoms with E-state index in [1.807, 2.05) is 0 Å². The highest BCUT2D eigenvalue weighted by molar-refractivity contribution is 6.31. The molecule has 1 amide bonds. The average Bonchev–Trinajstić information content (AvgIpc) is 3.21. The summed E-state index contributed by atoms with van der Waals surface area (Å²) >= 11 is 6.09. The van der Waals surface area contributed by atoms with Crippen molar-refractivity contribution < 1.29 is 9.18 Å². The Kier molecular flexibility index (Phi) is 5.28. The molecular formula is C23H26ClFN6O. The lowest BCUT2D eigenvalue weighted by Crippen LogP contribution is -2.43. The Bertz CT molecular complexity index is 1180. The van der Waals surface area contributed by atoms with Crippen molar-refractivity contribution in [3.8, 4) is 11.4 Å². The molecule has 0 bridgehead atoms. The quantitative estimate of drug-likeness (QED) is 0.517. The molecule has 0 radical (unpaired) electrons. The maximum atomic E-state index is 14.6. The smallest absolute Gasteiger partial charge is 0.223 e. The van der Waals surface area contributed by atoms with Crippen LogP contribution in [0, 0.1) is 17.2 Å². The third-order valence-electron chi connectivity index (χ3n) is 6.67. The second kappa shape index (κ2) is 7.99. The van der Waals surface area contributed by atoms with Crippen molar-refractivity contribution in [2.75, 3.05) is 5.32 Å². The van der Waals surface area contributed by atoms with E-state index in [0.717, 1.165) is 37.5 Å². The number of nitrogens with one attached hydrogen (secondary N) is 3. The van der Waals surface area contributed by atoms with Gasteiger partial charge >= 0.3 is 0 Å². The van der Waals surface area contributed by atoms with Crippen LogP contribution in [0.15, 0.2) is 24.7 Å². The van der Waals surface area contributed by atoms with Crippen LogP contribution in [0.1, 0.15) is 46.0 Å². The summed E-state index contributed by atoms with van der Waals surface area (Å²) in [5, 5.41) is 7.72. The van der Waals surface area contributed by atoms with E-state index >= 15 is 0 Å². The van der Waals surface area contributed by atoms with E-state index in [1.54, 1.807) is 18.5 Å². The molecule has 168 valence electrons. The number of amides is 1. The molecule has 1 unspecified atom stereocenters. The van der Waals surface area contributed by atoms with Crippen LogP contribution in [0.3, 0.4) is 0 Å². The molecule has 3 heterocycles. The van der Waals surface area contributed by atoms with Crippen LogP contribution >= 0.6 is 11.6 Å². The Hall–Kier alpha value is -2.74. The highest BCUT2D eigenvalue weighted by atomic mass is 35.5. The molecule has 0 saturated heterocycles. The molecule has 3 aromatic rings. The van der Waals surface area contributed by atoms with E-state index in [-0.39, 0.29) is 35.1 Å². The third kappa shape index (κ3) is 4.16. The highest BCUT2D eigenvalue weighted by Crippen LogP contribution is 2.51. The fourth-order valence-corrected chi connectivity index (χ4v) is 4.78. The number of nitrogens with zero attached hydrogens (tertiary/aromatic N) is 3. The number of carbonyl (C=O) groups excluding carboxylic acids is 1. The van der Waals surface area contributed by atoms with Gasteiger partial charge in [0.15, 0.2) is 17.5 Å². The lowest BCUT2D eigenvalue weighted by atomic mass is 9.90. The number of hydrogen-bond acceptors (Lipinski definition) is 5. The number of pyridine rings is 1. The number of anilines is 1. The molecule has 32 heavy (non-hydrogen) atoms. The predicted octanol–water partition coefficient (Wildman–Crippen LogP) is 4.70. The first kappa shape index (κ1) is 21.1. The number of halogens is 2. The first-order valence-corrected chi connectivity index (χ1v) is 11.4. The van der Waals surface area contributed by atoms with E-state index in [4.69, 9.17) is 11.6 Å². The van der Waals surface area contributed by atoms with Crippen LogP contribution in [0.4, 0.5) is 10.2 Å². The largest absolute Gasteiger partial charge is 0.365 e. The Morgan fingerprint density at radius 1 is 1.25 bits per heavy atom. The number of rotatable bonds is 5. The molecule has 0 aliphatic heterocycles. The molecule has 3 N–H and O–H groups in total. The van der Waals surface area contributed by atoms with Crippen molar-refractivity contribution in [1.29, 1.82) is 0 Å². The van der Waals surface area contributed by atoms with Gasteiger partial charge < -0.3 is 15.6 Å². The Labute approximate surface area is 190 Å². The second-order valence-electron chi connectivity index (χ2n) is 9.60. The number of fused-ring (bicyclic) bond motifs is 1. The fourth-order valence-electron chi connectivity index (χ4n) is 4.62. The van der Waals surface area contributed by atoms with Crippen molar-refractivity contribution in [2.45, 2.75) is 58.0 Å². The van der Waals surface area contributed by atoms with Crippen molar-refractivity contribution in [1.82, 2.24) is 25.3 Å². The van der Waals surface area contributed by atoms with Gasteiger partial charge in [-0.15, -0.1) is 0 Å². The van der Waals surface area contributed by atoms with Crippen LogP contribution in [-0.2, 0) is 4.79 Å². The standard InChI is InChI=1S/C23H26ClFN6O/c1-23(2)8-17(23)22(32)30-14-5-3-4-13(7-14)29-21-18(25)11-28-20(31-21)16-10-27-19-15(16)6-12(24)9-26-19/h6,9-11,13-14,17H,3-5,7-8H2,1-2H3,(H,26,27)(H,30,32)(H,28,29,31)/t13-,14+,17?/m0/s1. The normalized spacial score (nSPS) is 24.3. The molecule has 0 spiro atoms. The minimum atomic E-state index is -0.504. The van der Waals surface area contributed by atoms with Gasteiger partial charge in [0.2, 0.25) is 5.91 Å². The second-order valence-corrected chi connectivity index (χ2v) is 10.0. The topological polar surface area (TPSA) is 95.6 Å². The maximum Gasteiger partial charge on any atom is 0.223 e. The molecule has 5 rings (SSSR count). The van der Waals surface area contributed by atoms with Gasteiger partial charge in [-0.05, 0) is 43.6 Å². The molecule has 2 aliphatic rings. The van der Waals surface area contributed by atoms with Crippen molar-refractivity contribution >= 4 is 34.4 Å². The fraction of sp³-hybridized carbons (Fsp3) is 0.478. The minimum Gasteiger partial charge on any atom is -0.365 e. The van der Waals surface area contributed by atoms with Gasteiger partial charge in [-0.3, -0.25) is 4.79 Å². The van der Waals surface area contributed by atoms with Gasteiger partial charge in [-0.1, -0.05) is 25.4 Å². The summed E-state index contributed by atoms with van der Waals surface area (Å²) in [4.78, 5) is 28.4. The van der Waals surface area contributed by atoms with Gasteiger partial charge in [0.25, 0.3) is 0 Å². The van der Waals surface area contributed by atoms with Crippen LogP contribution in [-0.4, -0.2) is 37.9 Å². The maximum absolute atomic E-state index is 14.6. The summed E-state index contributed by atoms with van der Waals surface area (Å²) in [7, 11) is 0. The van der Waals surface area contributed by atoms with Crippen molar-refractivity contribution in [3.05, 3.63) is 35.5 Å². The van der Waals surface area contributed by atoms with E-state index in [1.165, 1.54) is 6.20 Å². The number of hydrogen-bond donors (Lipinski definition) is 3. The number of aromatic amines is 1. The van der Waals surface area contributed by atoms with Gasteiger partial charge in [-0.2, -0.15) is 0 Å². The molecule has 2 fully saturated rings. The van der Waals surface area contributed by atoms with Gasteiger partial charge in [-0.25, -0.2) is 19.3 Å². The summed E-state index contributed by atoms with van der Waals surface area (Å²) < 4.78 is 14.6. The summed E-state index contributed by atoms with van der Waals surface area (Å²) in [6.07, 6.45) is 8.97. The van der Waals surface area contributed by atoms with E-state index in [9.17, 15) is 9.18 Å². The van der Waals surface area contributed by atoms with Crippen molar-refractivity contribution in [2.24, 2.45) is 11.3 Å². The Balaban J connectivity index is 1.31. The average molecular weight is 457 g/mol. The summed E-state index contributed by atoms with van der Waals surface area (Å²) in [5.74, 6) is 0.302. The molecule has 3 aromatic heterocycles. The SMILES string of the molecule is CC1(C)CC1C(=O)N[C@@H]1CCC[C@H](Nc2nc(-c3c[nH]c4ncc(Cl)cc34)ncc2F)C1. The Morgan fingerprint density at radius 3 is 2.81 bits per heavy atom. The van der Waals surface area contributed by atoms with Crippen LogP contribution < -0.4 is 10.6 Å². The Morgan fingerprint density at radius 2 is 2.03 bits per heavy atom. The molecule has 2 aliphatic carbocycles. The first-order valence-electron chi connectivity index (χ1n) is 11.0. The minimum absolute atomic E-state index is 0.0255. The van der Waals surface area contributed by atoms with Gasteiger partial charge in [0.05, 0.1) is 11.2 Å². The summed E-state index contributed by atoms with van der Waals surface area (Å²) in [5.41, 5.74) is 1.48. The lowest BCUT2D eigenvalue weighted by molar-refractivity contribution is -0.123. The molecule has 2 saturated carbocycles. The van der Waals surface area contributed by atoms with E-state index in [0.29, 0.717) is 22.1 Å². The van der Waals surface area contributed by atoms with Gasteiger partial charge in [0.1, 0.15) is 5.65 Å². The zero-order valence-electron chi connectivity index (χ0n) is 18.1. The molecule has 7 nitrogen and oxygen atoms in total. The van der Waals surface area contributed by atoms with Crippen LogP contribution in [0.5, 0.6) is 0 Å². The monoisotopic (exact) mass is 456 g/mol. The third-order valence-corrected chi connectivity index (χ3v) is 6.88. The number of aromatic nitrogens is 4. The predicted molar refractivity (Wildman–Crippen MR) is 122 cm³/mol. The summed E-state index contributed by atoms with van der Waals surface area (Å²) in [6, 6.07) is 1.90. The number of carbonyl (C=O) groups is 1. The van der Waals surface area contributed by atoms with E-state index < -0.39 is 5.82 Å². The van der Waals surface area contributed by atoms with Crippen molar-refractivity contribution in [3.63, 3.8) is 0 Å². The molecular weight excluding hydrogens is 431 g/mol. The lowest BCUT2D eigenvalue weighted by Gasteiger charge is -2.31. The molecule has 0 aromatic carbocycles. The highest BCUT2D eigenvalue weighted by Gasteiger charge is 2.50. The van der Waals surface area contributed by atoms with Gasteiger partial charge in [0, 0.05) is 41.3 Å². The summed E-state index contributed by atoms with van der Waals surface area (Å²) in [6.45, 7) is 4.24. The first-order chi connectivity index (χ1) is 15.3. The number of H-pyrrole nitrogens is 1. The zero-order valence-corrected chi connectivity index (χ0v) is 18.8. The zero-order chi connectivity index (χ0) is 22.5.